The highest BCUT2D eigenvalue weighted by molar-refractivity contribution is 7.71. The molecule has 5 nitrogen and oxygen atoms in total. The second kappa shape index (κ2) is 4.10. The van der Waals surface area contributed by atoms with Crippen molar-refractivity contribution in [2.45, 2.75) is 25.9 Å². The molecule has 1 aromatic heterocycles. The Balaban J connectivity index is 2.28. The van der Waals surface area contributed by atoms with Gasteiger partial charge in [0.15, 0.2) is 5.82 Å². The monoisotopic (exact) mass is 214 g/mol. The molecule has 78 valence electrons. The van der Waals surface area contributed by atoms with E-state index in [0.29, 0.717) is 10.6 Å². The maximum absolute atomic E-state index is 9.09. The van der Waals surface area contributed by atoms with E-state index in [9.17, 15) is 0 Å². The highest BCUT2D eigenvalue weighted by Crippen LogP contribution is 2.09. The average molecular weight is 214 g/mol. The summed E-state index contributed by atoms with van der Waals surface area (Å²) in [6.45, 7) is 1.89. The lowest BCUT2D eigenvalue weighted by Crippen LogP contribution is -2.40. The summed E-state index contributed by atoms with van der Waals surface area (Å²) in [4.78, 5) is 0. The van der Waals surface area contributed by atoms with Crippen LogP contribution in [-0.4, -0.2) is 33.1 Å². The molecule has 2 heterocycles. The van der Waals surface area contributed by atoms with Gasteiger partial charge in [-0.1, -0.05) is 0 Å². The molecule has 0 unspecified atom stereocenters. The van der Waals surface area contributed by atoms with Crippen LogP contribution in [0.5, 0.6) is 0 Å². The minimum Gasteiger partial charge on any atom is -0.388 e. The molecule has 0 aliphatic carbocycles. The van der Waals surface area contributed by atoms with Gasteiger partial charge in [0.2, 0.25) is 4.77 Å². The predicted octanol–water partition coefficient (Wildman–Crippen LogP) is 0.555. The quantitative estimate of drug-likeness (QED) is 0.706. The van der Waals surface area contributed by atoms with Gasteiger partial charge >= 0.3 is 0 Å². The van der Waals surface area contributed by atoms with E-state index in [-0.39, 0.29) is 6.61 Å². The number of hydrogen-bond acceptors (Lipinski definition) is 4. The number of aromatic nitrogens is 3. The summed E-state index contributed by atoms with van der Waals surface area (Å²) in [7, 11) is 0. The molecule has 2 N–H and O–H groups in total. The van der Waals surface area contributed by atoms with Crippen molar-refractivity contribution in [1.82, 2.24) is 14.9 Å². The Morgan fingerprint density at radius 1 is 1.36 bits per heavy atom. The molecule has 0 amide bonds. The Morgan fingerprint density at radius 3 is 2.71 bits per heavy atom. The van der Waals surface area contributed by atoms with E-state index in [1.165, 1.54) is 19.3 Å². The maximum Gasteiger partial charge on any atom is 0.214 e. The van der Waals surface area contributed by atoms with Crippen molar-refractivity contribution >= 4 is 12.2 Å². The van der Waals surface area contributed by atoms with Crippen molar-refractivity contribution in [3.05, 3.63) is 10.6 Å². The number of hydrogen-bond donors (Lipinski definition) is 2. The van der Waals surface area contributed by atoms with Crippen molar-refractivity contribution in [3.8, 4) is 0 Å². The molecule has 1 fully saturated rings. The third-order valence-corrected chi connectivity index (χ3v) is 2.74. The van der Waals surface area contributed by atoms with Gasteiger partial charge in [0.25, 0.3) is 0 Å². The van der Waals surface area contributed by atoms with Gasteiger partial charge in [-0.15, -0.1) is 0 Å². The summed E-state index contributed by atoms with van der Waals surface area (Å²) >= 11 is 5.11. The summed E-state index contributed by atoms with van der Waals surface area (Å²) in [5, 5.41) is 17.9. The topological polar surface area (TPSA) is 57.1 Å². The average Bonchev–Trinajstić information content (AvgIpc) is 2.61. The summed E-state index contributed by atoms with van der Waals surface area (Å²) in [6.07, 6.45) is 3.63. The molecule has 0 aromatic carbocycles. The summed E-state index contributed by atoms with van der Waals surface area (Å²) in [5.74, 6) is 0.594. The van der Waals surface area contributed by atoms with Gasteiger partial charge in [0, 0.05) is 13.1 Å². The SMILES string of the molecule is OCc1n[nH]c(=S)n1N1CCCCC1. The molecule has 2 rings (SSSR count). The number of H-pyrrole nitrogens is 1. The van der Waals surface area contributed by atoms with Crippen molar-refractivity contribution in [2.24, 2.45) is 0 Å². The van der Waals surface area contributed by atoms with Crippen LogP contribution >= 0.6 is 12.2 Å². The van der Waals surface area contributed by atoms with Crippen LogP contribution in [0.25, 0.3) is 0 Å². The number of aliphatic hydroxyl groups is 1. The Labute approximate surface area is 87.3 Å². The van der Waals surface area contributed by atoms with E-state index in [4.69, 9.17) is 17.3 Å². The number of nitrogens with zero attached hydrogens (tertiary/aromatic N) is 3. The van der Waals surface area contributed by atoms with E-state index in [2.05, 4.69) is 15.2 Å². The first-order chi connectivity index (χ1) is 6.83. The van der Waals surface area contributed by atoms with Crippen LogP contribution in [0.4, 0.5) is 0 Å². The number of piperidine rings is 1. The van der Waals surface area contributed by atoms with Gasteiger partial charge in [-0.3, -0.25) is 5.10 Å². The molecule has 0 bridgehead atoms. The molecule has 1 aliphatic heterocycles. The Kier molecular flexibility index (Phi) is 2.83. The smallest absolute Gasteiger partial charge is 0.214 e. The third-order valence-electron chi connectivity index (χ3n) is 2.47. The second-order valence-corrected chi connectivity index (χ2v) is 3.82. The van der Waals surface area contributed by atoms with Crippen LogP contribution in [0.15, 0.2) is 0 Å². The number of nitrogens with one attached hydrogen (secondary N) is 1. The molecule has 1 saturated heterocycles. The van der Waals surface area contributed by atoms with Gasteiger partial charge in [-0.2, -0.15) is 5.10 Å². The van der Waals surface area contributed by atoms with Crippen molar-refractivity contribution in [3.63, 3.8) is 0 Å². The Hall–Kier alpha value is -0.880. The van der Waals surface area contributed by atoms with E-state index in [1.807, 2.05) is 4.68 Å². The molecule has 14 heavy (non-hydrogen) atoms. The molecule has 0 spiro atoms. The molecule has 1 aromatic rings. The largest absolute Gasteiger partial charge is 0.388 e. The van der Waals surface area contributed by atoms with Crippen LogP contribution in [0.3, 0.4) is 0 Å². The summed E-state index contributed by atoms with van der Waals surface area (Å²) in [6, 6.07) is 0. The lowest BCUT2D eigenvalue weighted by atomic mass is 10.2. The van der Waals surface area contributed by atoms with Gasteiger partial charge in [0.05, 0.1) is 0 Å². The number of rotatable bonds is 2. The minimum absolute atomic E-state index is 0.0797. The zero-order valence-electron chi connectivity index (χ0n) is 7.94. The van der Waals surface area contributed by atoms with Crippen LogP contribution in [0.2, 0.25) is 0 Å². The fourth-order valence-electron chi connectivity index (χ4n) is 1.80. The zero-order valence-corrected chi connectivity index (χ0v) is 8.76. The molecule has 0 radical (unpaired) electrons. The first kappa shape index (κ1) is 9.67. The first-order valence-corrected chi connectivity index (χ1v) is 5.26. The summed E-state index contributed by atoms with van der Waals surface area (Å²) < 4.78 is 2.38. The normalized spacial score (nSPS) is 17.4. The predicted molar refractivity (Wildman–Crippen MR) is 55.1 cm³/mol. The number of aliphatic hydroxyl groups excluding tert-OH is 1. The van der Waals surface area contributed by atoms with E-state index in [1.54, 1.807) is 0 Å². The lowest BCUT2D eigenvalue weighted by Gasteiger charge is -2.29. The standard InChI is InChI=1S/C8H14N4OS/c13-6-7-9-10-8(14)12(7)11-4-2-1-3-5-11/h13H,1-6H2,(H,10,14). The van der Waals surface area contributed by atoms with Crippen LogP contribution in [-0.2, 0) is 6.61 Å². The summed E-state index contributed by atoms with van der Waals surface area (Å²) in [5.41, 5.74) is 0. The van der Waals surface area contributed by atoms with Gasteiger partial charge in [-0.05, 0) is 31.5 Å². The van der Waals surface area contributed by atoms with E-state index >= 15 is 0 Å². The van der Waals surface area contributed by atoms with Gasteiger partial charge < -0.3 is 10.1 Å². The van der Waals surface area contributed by atoms with Crippen LogP contribution in [0.1, 0.15) is 25.1 Å². The molecule has 0 saturated carbocycles. The molecular weight excluding hydrogens is 200 g/mol. The molecular formula is C8H14N4OS. The van der Waals surface area contributed by atoms with E-state index in [0.717, 1.165) is 13.1 Å². The highest BCUT2D eigenvalue weighted by atomic mass is 32.1. The first-order valence-electron chi connectivity index (χ1n) is 4.85. The molecule has 6 heteroatoms. The van der Waals surface area contributed by atoms with Crippen molar-refractivity contribution in [1.29, 1.82) is 0 Å². The van der Waals surface area contributed by atoms with Gasteiger partial charge in [-0.25, -0.2) is 4.68 Å². The lowest BCUT2D eigenvalue weighted by molar-refractivity contribution is 0.261. The molecule has 1 aliphatic rings. The minimum atomic E-state index is -0.0797. The van der Waals surface area contributed by atoms with Crippen molar-refractivity contribution in [2.75, 3.05) is 18.1 Å². The Morgan fingerprint density at radius 2 is 2.07 bits per heavy atom. The third kappa shape index (κ3) is 1.67. The van der Waals surface area contributed by atoms with Crippen molar-refractivity contribution < 1.29 is 5.11 Å². The fraction of sp³-hybridized carbons (Fsp3) is 0.750. The Bertz CT molecular complexity index is 352. The second-order valence-electron chi connectivity index (χ2n) is 3.43. The number of aromatic amines is 1. The van der Waals surface area contributed by atoms with Crippen LogP contribution < -0.4 is 5.01 Å². The highest BCUT2D eigenvalue weighted by Gasteiger charge is 2.15. The van der Waals surface area contributed by atoms with E-state index < -0.39 is 0 Å². The maximum atomic E-state index is 9.09. The zero-order chi connectivity index (χ0) is 9.97. The molecule has 0 atom stereocenters. The van der Waals surface area contributed by atoms with Gasteiger partial charge in [0.1, 0.15) is 6.61 Å². The fourth-order valence-corrected chi connectivity index (χ4v) is 2.06. The van der Waals surface area contributed by atoms with Crippen LogP contribution in [0, 0.1) is 4.77 Å².